The van der Waals surface area contributed by atoms with E-state index in [4.69, 9.17) is 5.11 Å². The van der Waals surface area contributed by atoms with Crippen LogP contribution < -0.4 is 5.32 Å². The molecule has 0 aliphatic heterocycles. The summed E-state index contributed by atoms with van der Waals surface area (Å²) < 4.78 is 13.4. The quantitative estimate of drug-likeness (QED) is 0.635. The highest BCUT2D eigenvalue weighted by Crippen LogP contribution is 2.13. The van der Waals surface area contributed by atoms with E-state index in [0.29, 0.717) is 0 Å². The van der Waals surface area contributed by atoms with Gasteiger partial charge in [-0.2, -0.15) is 0 Å². The predicted octanol–water partition coefficient (Wildman–Crippen LogP) is 2.95. The van der Waals surface area contributed by atoms with E-state index >= 15 is 0 Å². The van der Waals surface area contributed by atoms with Crippen LogP contribution in [0.15, 0.2) is 35.7 Å². The Morgan fingerprint density at radius 1 is 1.29 bits per heavy atom. The number of nitrogens with one attached hydrogen (secondary N) is 1. The number of benzene rings is 1. The minimum atomic E-state index is -0.122. The first-order valence-electron chi connectivity index (χ1n) is 6.91. The van der Waals surface area contributed by atoms with Gasteiger partial charge in [-0.25, -0.2) is 4.39 Å². The molecule has 21 heavy (non-hydrogen) atoms. The number of hydrogen-bond acceptors (Lipinski definition) is 3. The van der Waals surface area contributed by atoms with E-state index in [1.165, 1.54) is 10.9 Å². The van der Waals surface area contributed by atoms with Crippen LogP contribution in [0.5, 0.6) is 0 Å². The molecule has 0 amide bonds. The van der Waals surface area contributed by atoms with E-state index < -0.39 is 0 Å². The zero-order chi connectivity index (χ0) is 14.9. The summed E-state index contributed by atoms with van der Waals surface area (Å²) in [7, 11) is 0. The lowest BCUT2D eigenvalue weighted by atomic mass is 10.1. The molecule has 0 atom stereocenters. The summed E-state index contributed by atoms with van der Waals surface area (Å²) in [6.07, 6.45) is 1.65. The molecule has 0 fully saturated rings. The maximum atomic E-state index is 13.4. The van der Waals surface area contributed by atoms with Crippen molar-refractivity contribution in [1.82, 2.24) is 5.32 Å². The van der Waals surface area contributed by atoms with Crippen LogP contribution in [0.1, 0.15) is 22.4 Å². The third-order valence-electron chi connectivity index (χ3n) is 3.02. The minimum absolute atomic E-state index is 0.112. The van der Waals surface area contributed by atoms with Gasteiger partial charge in [0.05, 0.1) is 0 Å². The second-order valence-electron chi connectivity index (χ2n) is 4.63. The summed E-state index contributed by atoms with van der Waals surface area (Å²) in [6.45, 7) is 1.53. The number of hydrogen-bond donors (Lipinski definition) is 2. The van der Waals surface area contributed by atoms with Crippen LogP contribution in [0.4, 0.5) is 4.39 Å². The first kappa shape index (κ1) is 15.7. The lowest BCUT2D eigenvalue weighted by molar-refractivity contribution is 0.350. The fraction of sp³-hybridized carbons (Fsp3) is 0.294. The van der Waals surface area contributed by atoms with Crippen molar-refractivity contribution in [1.29, 1.82) is 0 Å². The number of aliphatic hydroxyl groups is 1. The zero-order valence-corrected chi connectivity index (χ0v) is 12.5. The lowest BCUT2D eigenvalue weighted by Crippen LogP contribution is -2.14. The standard InChI is InChI=1S/C17H18FNOS/c18-17-8-2-1-6-15(17)7-3-9-19-12-16-11-14(13-21-16)5-4-10-20/h1-2,6,8,11,13,19-20H,3,7,9-10,12H2. The van der Waals surface area contributed by atoms with Crippen molar-refractivity contribution in [2.24, 2.45) is 0 Å². The molecule has 0 bridgehead atoms. The Morgan fingerprint density at radius 3 is 2.95 bits per heavy atom. The highest BCUT2D eigenvalue weighted by atomic mass is 32.1. The summed E-state index contributed by atoms with van der Waals surface area (Å²) in [4.78, 5) is 1.21. The molecule has 0 aliphatic rings. The molecule has 4 heteroatoms. The van der Waals surface area contributed by atoms with E-state index in [1.807, 2.05) is 23.6 Å². The summed E-state index contributed by atoms with van der Waals surface area (Å²) in [6, 6.07) is 8.94. The molecule has 0 aliphatic carbocycles. The van der Waals surface area contributed by atoms with Crippen molar-refractivity contribution in [3.63, 3.8) is 0 Å². The molecule has 2 aromatic rings. The van der Waals surface area contributed by atoms with Gasteiger partial charge in [0.25, 0.3) is 0 Å². The van der Waals surface area contributed by atoms with Crippen LogP contribution in [0, 0.1) is 17.7 Å². The van der Waals surface area contributed by atoms with Crippen LogP contribution in [-0.2, 0) is 13.0 Å². The molecule has 0 radical (unpaired) electrons. The Bertz CT molecular complexity index is 627. The van der Waals surface area contributed by atoms with Crippen molar-refractivity contribution in [2.45, 2.75) is 19.4 Å². The first-order valence-corrected chi connectivity index (χ1v) is 7.79. The Morgan fingerprint density at radius 2 is 2.14 bits per heavy atom. The summed E-state index contributed by atoms with van der Waals surface area (Å²) in [5.74, 6) is 5.40. The molecule has 0 saturated heterocycles. The SMILES string of the molecule is OCC#Cc1csc(CNCCCc2ccccc2F)c1. The van der Waals surface area contributed by atoms with Crippen molar-refractivity contribution in [2.75, 3.05) is 13.2 Å². The zero-order valence-electron chi connectivity index (χ0n) is 11.7. The van der Waals surface area contributed by atoms with E-state index in [2.05, 4.69) is 17.2 Å². The van der Waals surface area contributed by atoms with Crippen LogP contribution in [0.2, 0.25) is 0 Å². The second-order valence-corrected chi connectivity index (χ2v) is 5.63. The van der Waals surface area contributed by atoms with E-state index in [1.54, 1.807) is 17.4 Å². The van der Waals surface area contributed by atoms with Gasteiger partial charge < -0.3 is 10.4 Å². The van der Waals surface area contributed by atoms with Crippen molar-refractivity contribution >= 4 is 11.3 Å². The average molecular weight is 303 g/mol. The predicted molar refractivity (Wildman–Crippen MR) is 84.7 cm³/mol. The van der Waals surface area contributed by atoms with E-state index in [9.17, 15) is 4.39 Å². The Labute approximate surface area is 128 Å². The maximum Gasteiger partial charge on any atom is 0.126 e. The molecule has 2 N–H and O–H groups in total. The largest absolute Gasteiger partial charge is 0.384 e. The third-order valence-corrected chi connectivity index (χ3v) is 3.96. The van der Waals surface area contributed by atoms with Crippen LogP contribution >= 0.6 is 11.3 Å². The fourth-order valence-electron chi connectivity index (χ4n) is 2.00. The van der Waals surface area contributed by atoms with Gasteiger partial charge in [-0.05, 0) is 37.1 Å². The Hall–Kier alpha value is -1.67. The minimum Gasteiger partial charge on any atom is -0.384 e. The van der Waals surface area contributed by atoms with E-state index in [-0.39, 0.29) is 12.4 Å². The molecule has 2 rings (SSSR count). The van der Waals surface area contributed by atoms with Gasteiger partial charge in [0.2, 0.25) is 0 Å². The monoisotopic (exact) mass is 303 g/mol. The Kier molecular flexibility index (Phi) is 6.42. The van der Waals surface area contributed by atoms with Gasteiger partial charge in [0.15, 0.2) is 0 Å². The molecule has 0 spiro atoms. The van der Waals surface area contributed by atoms with Crippen LogP contribution in [-0.4, -0.2) is 18.3 Å². The van der Waals surface area contributed by atoms with Gasteiger partial charge in [-0.3, -0.25) is 0 Å². The Balaban J connectivity index is 1.68. The topological polar surface area (TPSA) is 32.3 Å². The number of aliphatic hydroxyl groups excluding tert-OH is 1. The van der Waals surface area contributed by atoms with Gasteiger partial charge in [-0.15, -0.1) is 11.3 Å². The average Bonchev–Trinajstić information content (AvgIpc) is 2.94. The number of halogens is 1. The highest BCUT2D eigenvalue weighted by Gasteiger charge is 2.01. The number of aryl methyl sites for hydroxylation is 1. The molecule has 1 heterocycles. The van der Waals surface area contributed by atoms with Gasteiger partial charge in [0, 0.05) is 22.4 Å². The number of thiophene rings is 1. The molecule has 110 valence electrons. The summed E-state index contributed by atoms with van der Waals surface area (Å²) >= 11 is 1.65. The van der Waals surface area contributed by atoms with Gasteiger partial charge in [0.1, 0.15) is 12.4 Å². The normalized spacial score (nSPS) is 10.2. The highest BCUT2D eigenvalue weighted by molar-refractivity contribution is 7.10. The van der Waals surface area contributed by atoms with Crippen molar-refractivity contribution in [3.8, 4) is 11.8 Å². The van der Waals surface area contributed by atoms with E-state index in [0.717, 1.165) is 37.1 Å². The molecular formula is C17H18FNOS. The van der Waals surface area contributed by atoms with Gasteiger partial charge >= 0.3 is 0 Å². The molecule has 1 aromatic heterocycles. The van der Waals surface area contributed by atoms with Crippen molar-refractivity contribution in [3.05, 3.63) is 57.5 Å². The smallest absolute Gasteiger partial charge is 0.126 e. The molecule has 1 aromatic carbocycles. The van der Waals surface area contributed by atoms with Crippen LogP contribution in [0.3, 0.4) is 0 Å². The summed E-state index contributed by atoms with van der Waals surface area (Å²) in [5.41, 5.74) is 1.72. The second kappa shape index (κ2) is 8.58. The van der Waals surface area contributed by atoms with Gasteiger partial charge in [-0.1, -0.05) is 30.0 Å². The molecular weight excluding hydrogens is 285 g/mol. The number of rotatable bonds is 6. The first-order chi connectivity index (χ1) is 10.3. The fourth-order valence-corrected chi connectivity index (χ4v) is 2.78. The lowest BCUT2D eigenvalue weighted by Gasteiger charge is -2.04. The van der Waals surface area contributed by atoms with Crippen molar-refractivity contribution < 1.29 is 9.50 Å². The third kappa shape index (κ3) is 5.31. The molecule has 0 unspecified atom stereocenters. The van der Waals surface area contributed by atoms with Crippen LogP contribution in [0.25, 0.3) is 0 Å². The summed E-state index contributed by atoms with van der Waals surface area (Å²) in [5, 5.41) is 14.0. The molecule has 0 saturated carbocycles. The molecule has 2 nitrogen and oxygen atoms in total. The maximum absolute atomic E-state index is 13.4.